The number of imidazole rings is 1. The van der Waals surface area contributed by atoms with Gasteiger partial charge in [-0.1, -0.05) is 182 Å². The third-order valence-corrected chi connectivity index (χ3v) is 15.0. The number of thioether (sulfide) groups is 1. The predicted octanol–water partition coefficient (Wildman–Crippen LogP) is 16.9. The maximum Gasteiger partial charge on any atom is 0.155 e. The van der Waals surface area contributed by atoms with Gasteiger partial charge in [-0.3, -0.25) is 4.57 Å². The second-order valence-corrected chi connectivity index (χ2v) is 18.4. The van der Waals surface area contributed by atoms with Crippen molar-refractivity contribution in [2.24, 2.45) is 0 Å². The Balaban J connectivity index is 0.993. The predicted molar refractivity (Wildman–Crippen MR) is 271 cm³/mol. The molecule has 0 aliphatic carbocycles. The first kappa shape index (κ1) is 37.5. The van der Waals surface area contributed by atoms with Crippen LogP contribution >= 0.6 is 23.1 Å². The number of para-hydroxylation sites is 3. The molecule has 1 aliphatic rings. The van der Waals surface area contributed by atoms with Crippen LogP contribution in [0.25, 0.3) is 98.4 Å². The smallest absolute Gasteiger partial charge is 0.155 e. The van der Waals surface area contributed by atoms with Gasteiger partial charge < -0.3 is 0 Å². The van der Waals surface area contributed by atoms with Crippen LogP contribution in [0.5, 0.6) is 0 Å². The van der Waals surface area contributed by atoms with Gasteiger partial charge in [0.05, 0.1) is 15.9 Å². The molecule has 0 spiro atoms. The average molecular weight is 841 g/mol. The molecule has 63 heavy (non-hydrogen) atoms. The Hall–Kier alpha value is -7.24. The van der Waals surface area contributed by atoms with Gasteiger partial charge in [0.2, 0.25) is 0 Å². The molecular weight excluding hydrogens is 801 g/mol. The van der Waals surface area contributed by atoms with Crippen molar-refractivity contribution in [1.82, 2.24) is 9.55 Å². The maximum atomic E-state index is 5.17. The van der Waals surface area contributed by atoms with E-state index in [1.54, 1.807) is 0 Å². The monoisotopic (exact) mass is 840 g/mol. The van der Waals surface area contributed by atoms with Crippen LogP contribution in [0.4, 0.5) is 0 Å². The summed E-state index contributed by atoms with van der Waals surface area (Å²) >= 11 is 3.82. The largest absolute Gasteiger partial charge is 0.292 e. The Bertz CT molecular complexity index is 3510. The molecule has 4 heteroatoms. The summed E-state index contributed by atoms with van der Waals surface area (Å²) in [6.07, 6.45) is 3.41. The quantitative estimate of drug-likeness (QED) is 0.142. The molecule has 9 aromatic carbocycles. The number of allylic oxidation sites excluding steroid dienone is 1. The molecule has 0 saturated carbocycles. The molecule has 12 rings (SSSR count). The van der Waals surface area contributed by atoms with Crippen LogP contribution in [0.2, 0.25) is 0 Å². The lowest BCUT2D eigenvalue weighted by Crippen LogP contribution is -1.96. The molecule has 0 bridgehead atoms. The molecule has 0 N–H and O–H groups in total. The molecule has 2 aromatic heterocycles. The summed E-state index contributed by atoms with van der Waals surface area (Å²) in [5, 5.41) is 5.34. The van der Waals surface area contributed by atoms with Gasteiger partial charge in [-0.15, -0.1) is 23.1 Å². The number of hydrogen-bond acceptors (Lipinski definition) is 3. The van der Waals surface area contributed by atoms with Crippen LogP contribution in [-0.2, 0) is 0 Å². The minimum atomic E-state index is 0.285. The molecule has 2 nitrogen and oxygen atoms in total. The van der Waals surface area contributed by atoms with Gasteiger partial charge in [0, 0.05) is 20.7 Å². The van der Waals surface area contributed by atoms with Crippen LogP contribution in [0.15, 0.2) is 224 Å². The van der Waals surface area contributed by atoms with Crippen molar-refractivity contribution in [3.05, 3.63) is 235 Å². The Morgan fingerprint density at radius 2 is 0.968 bits per heavy atom. The molecule has 1 aliphatic heterocycles. The highest BCUT2D eigenvalue weighted by atomic mass is 32.2. The molecule has 0 fully saturated rings. The Labute approximate surface area is 375 Å². The number of thiophene rings is 1. The Morgan fingerprint density at radius 3 is 1.63 bits per heavy atom. The van der Waals surface area contributed by atoms with Gasteiger partial charge in [-0.2, -0.15) is 0 Å². The van der Waals surface area contributed by atoms with Gasteiger partial charge in [0.25, 0.3) is 0 Å². The molecule has 11 aromatic rings. The van der Waals surface area contributed by atoms with E-state index in [1.165, 1.54) is 81.4 Å². The van der Waals surface area contributed by atoms with Crippen molar-refractivity contribution in [2.75, 3.05) is 0 Å². The average Bonchev–Trinajstić information content (AvgIpc) is 4.14. The zero-order valence-corrected chi connectivity index (χ0v) is 36.0. The highest BCUT2D eigenvalue weighted by Crippen LogP contribution is 2.53. The van der Waals surface area contributed by atoms with Crippen molar-refractivity contribution in [1.29, 1.82) is 0 Å². The van der Waals surface area contributed by atoms with Crippen LogP contribution in [0, 0.1) is 0 Å². The van der Waals surface area contributed by atoms with Gasteiger partial charge in [-0.05, 0) is 121 Å². The second-order valence-electron chi connectivity index (χ2n) is 16.1. The molecule has 0 saturated heterocycles. The summed E-state index contributed by atoms with van der Waals surface area (Å²) in [6.45, 7) is 0. The van der Waals surface area contributed by atoms with Gasteiger partial charge >= 0.3 is 0 Å². The van der Waals surface area contributed by atoms with Gasteiger partial charge in [0.1, 0.15) is 0 Å². The van der Waals surface area contributed by atoms with E-state index in [0.717, 1.165) is 33.8 Å². The lowest BCUT2D eigenvalue weighted by molar-refractivity contribution is 0.994. The van der Waals surface area contributed by atoms with E-state index in [4.69, 9.17) is 4.98 Å². The highest BCUT2D eigenvalue weighted by molar-refractivity contribution is 8.09. The summed E-state index contributed by atoms with van der Waals surface area (Å²) < 4.78 is 2.29. The number of hydrogen-bond donors (Lipinski definition) is 0. The van der Waals surface area contributed by atoms with Crippen LogP contribution in [0.1, 0.15) is 22.1 Å². The van der Waals surface area contributed by atoms with Crippen molar-refractivity contribution in [2.45, 2.75) is 11.7 Å². The third kappa shape index (κ3) is 6.62. The molecule has 298 valence electrons. The maximum absolute atomic E-state index is 5.17. The first-order valence-corrected chi connectivity index (χ1v) is 23.2. The fraction of sp³-hybridized carbons (Fsp3) is 0.0339. The molecule has 0 amide bonds. The van der Waals surface area contributed by atoms with E-state index >= 15 is 0 Å². The summed E-state index contributed by atoms with van der Waals surface area (Å²) in [4.78, 5) is 8.96. The van der Waals surface area contributed by atoms with Crippen LogP contribution < -0.4 is 0 Å². The fourth-order valence-corrected chi connectivity index (χ4v) is 11.9. The zero-order valence-electron chi connectivity index (χ0n) is 34.4. The molecule has 1 unspecified atom stereocenters. The number of aromatic nitrogens is 2. The van der Waals surface area contributed by atoms with Gasteiger partial charge in [-0.25, -0.2) is 4.98 Å². The number of nitrogens with zero attached hydrogens (tertiary/aromatic N) is 2. The highest BCUT2D eigenvalue weighted by Gasteiger charge is 2.26. The number of benzene rings is 9. The van der Waals surface area contributed by atoms with Gasteiger partial charge in [0.15, 0.2) is 5.82 Å². The van der Waals surface area contributed by atoms with E-state index in [-0.39, 0.29) is 5.25 Å². The molecule has 1 atom stereocenters. The second kappa shape index (κ2) is 15.9. The van der Waals surface area contributed by atoms with Crippen molar-refractivity contribution in [3.63, 3.8) is 0 Å². The van der Waals surface area contributed by atoms with E-state index in [9.17, 15) is 0 Å². The summed E-state index contributed by atoms with van der Waals surface area (Å²) in [5.74, 6) is 0.980. The topological polar surface area (TPSA) is 17.8 Å². The van der Waals surface area contributed by atoms with Crippen molar-refractivity contribution in [3.8, 4) is 60.9 Å². The summed E-state index contributed by atoms with van der Waals surface area (Å²) in [5.41, 5.74) is 14.5. The third-order valence-electron chi connectivity index (χ3n) is 12.4. The Morgan fingerprint density at radius 1 is 0.444 bits per heavy atom. The Kier molecular flexibility index (Phi) is 9.47. The minimum absolute atomic E-state index is 0.285. The zero-order chi connectivity index (χ0) is 41.7. The lowest BCUT2D eigenvalue weighted by Gasteiger charge is -2.22. The lowest BCUT2D eigenvalue weighted by atomic mass is 9.81. The fourth-order valence-electron chi connectivity index (χ4n) is 9.56. The van der Waals surface area contributed by atoms with E-state index in [2.05, 4.69) is 229 Å². The standard InChI is InChI=1S/C59H40N2S2/c1-4-18-39(19-5-1)43-24-10-12-26-45(43)57-47-28-14-15-29-48(47)58(46-27-13-11-25-44(46)40-20-6-2-7-21-40)50-38-41(32-33-49(50)57)53-34-35-54(62-53)55-36-37-56(63-55)59-60-51-30-16-17-31-52(51)61(59)42-22-8-3-9-23-42/h1-33,35-38,53H,34H2. The molecular formula is C59H40N2S2. The van der Waals surface area contributed by atoms with E-state index in [1.807, 2.05) is 23.1 Å². The van der Waals surface area contributed by atoms with Crippen molar-refractivity contribution >= 4 is 60.6 Å². The summed E-state index contributed by atoms with van der Waals surface area (Å²) in [6, 6.07) is 79.5. The minimum Gasteiger partial charge on any atom is -0.292 e. The number of fused-ring (bicyclic) bond motifs is 3. The van der Waals surface area contributed by atoms with E-state index in [0.29, 0.717) is 0 Å². The van der Waals surface area contributed by atoms with E-state index < -0.39 is 0 Å². The summed E-state index contributed by atoms with van der Waals surface area (Å²) in [7, 11) is 0. The first-order chi connectivity index (χ1) is 31.3. The number of rotatable bonds is 8. The van der Waals surface area contributed by atoms with Crippen molar-refractivity contribution < 1.29 is 0 Å². The SMILES string of the molecule is C1=C(c2ccc(-c3nc4ccccc4n3-c3ccccc3)s2)SC(c2ccc3c(-c4ccccc4-c4ccccc4)c4ccccc4c(-c4ccccc4-c4ccccc4)c3c2)C1. The van der Waals surface area contributed by atoms with Crippen LogP contribution in [-0.4, -0.2) is 9.55 Å². The first-order valence-electron chi connectivity index (χ1n) is 21.6. The molecule has 3 heterocycles. The normalized spacial score (nSPS) is 13.8. The molecule has 0 radical (unpaired) electrons. The van der Waals surface area contributed by atoms with Crippen LogP contribution in [0.3, 0.4) is 0 Å².